The first kappa shape index (κ1) is 20.3. The molecule has 0 radical (unpaired) electrons. The fraction of sp³-hybridized carbons (Fsp3) is 0.350. The number of carbonyl (C=O) groups is 2. The van der Waals surface area contributed by atoms with Crippen LogP contribution in [0.25, 0.3) is 0 Å². The average Bonchev–Trinajstić information content (AvgIpc) is 3.21. The third kappa shape index (κ3) is 4.51. The molecule has 0 unspecified atom stereocenters. The minimum Gasteiger partial charge on any atom is -0.491 e. The van der Waals surface area contributed by atoms with Crippen molar-refractivity contribution in [2.45, 2.75) is 39.2 Å². The van der Waals surface area contributed by atoms with Crippen LogP contribution in [0.3, 0.4) is 0 Å². The minimum absolute atomic E-state index is 0.0629. The molecule has 0 aliphatic heterocycles. The summed E-state index contributed by atoms with van der Waals surface area (Å²) in [7, 11) is 1.36. The standard InChI is InChI=1S/C20H22N2O4S2/c1-11(2)26-13-9-7-12(8-10-13)17(23)21-20(27)22-18-16(19(24)25-3)14-5-4-6-15(14)28-18/h7-11H,4-6H2,1-3H3,(H2,21,22,23,27). The molecule has 0 saturated heterocycles. The van der Waals surface area contributed by atoms with E-state index in [1.807, 2.05) is 13.8 Å². The zero-order valence-corrected chi connectivity index (χ0v) is 17.6. The number of nitrogens with one attached hydrogen (secondary N) is 2. The van der Waals surface area contributed by atoms with Gasteiger partial charge in [0, 0.05) is 10.4 Å². The molecule has 6 nitrogen and oxygen atoms in total. The number of amides is 1. The van der Waals surface area contributed by atoms with Crippen molar-refractivity contribution >= 4 is 45.5 Å². The van der Waals surface area contributed by atoms with E-state index in [4.69, 9.17) is 21.7 Å². The molecule has 1 heterocycles. The number of aryl methyl sites for hydroxylation is 1. The highest BCUT2D eigenvalue weighted by molar-refractivity contribution is 7.80. The SMILES string of the molecule is COC(=O)c1c(NC(=S)NC(=O)c2ccc(OC(C)C)cc2)sc2c1CCC2. The van der Waals surface area contributed by atoms with Crippen molar-refractivity contribution in [3.63, 3.8) is 0 Å². The molecule has 1 aliphatic rings. The molecule has 1 aromatic heterocycles. The van der Waals surface area contributed by atoms with Gasteiger partial charge in [-0.15, -0.1) is 11.3 Å². The number of fused-ring (bicyclic) bond motifs is 1. The first-order valence-corrected chi connectivity index (χ1v) is 10.2. The lowest BCUT2D eigenvalue weighted by Gasteiger charge is -2.12. The predicted octanol–water partition coefficient (Wildman–Crippen LogP) is 3.94. The molecule has 28 heavy (non-hydrogen) atoms. The Kier molecular flexibility index (Phi) is 6.31. The number of esters is 1. The molecule has 1 aromatic carbocycles. The zero-order valence-electron chi connectivity index (χ0n) is 16.0. The molecule has 0 spiro atoms. The van der Waals surface area contributed by atoms with Gasteiger partial charge >= 0.3 is 5.97 Å². The van der Waals surface area contributed by atoms with E-state index in [1.54, 1.807) is 24.3 Å². The third-order valence-corrected chi connectivity index (χ3v) is 5.66. The lowest BCUT2D eigenvalue weighted by Crippen LogP contribution is -2.34. The van der Waals surface area contributed by atoms with E-state index in [-0.39, 0.29) is 17.1 Å². The van der Waals surface area contributed by atoms with Gasteiger partial charge in [-0.1, -0.05) is 0 Å². The van der Waals surface area contributed by atoms with Crippen LogP contribution in [-0.2, 0) is 17.6 Å². The molecule has 1 aliphatic carbocycles. The van der Waals surface area contributed by atoms with Crippen molar-refractivity contribution in [2.24, 2.45) is 0 Å². The van der Waals surface area contributed by atoms with Crippen LogP contribution in [0.2, 0.25) is 0 Å². The molecule has 8 heteroatoms. The number of ether oxygens (including phenoxy) is 2. The highest BCUT2D eigenvalue weighted by Gasteiger charge is 2.27. The summed E-state index contributed by atoms with van der Waals surface area (Å²) in [6, 6.07) is 6.83. The van der Waals surface area contributed by atoms with E-state index in [0.29, 0.717) is 21.9 Å². The maximum absolute atomic E-state index is 12.4. The van der Waals surface area contributed by atoms with Crippen LogP contribution in [0.15, 0.2) is 24.3 Å². The van der Waals surface area contributed by atoms with Crippen LogP contribution in [0, 0.1) is 0 Å². The van der Waals surface area contributed by atoms with Gasteiger partial charge in [-0.3, -0.25) is 10.1 Å². The second kappa shape index (κ2) is 8.70. The fourth-order valence-electron chi connectivity index (χ4n) is 3.08. The number of rotatable bonds is 5. The number of hydrogen-bond acceptors (Lipinski definition) is 6. The molecule has 2 aromatic rings. The second-order valence-electron chi connectivity index (χ2n) is 6.65. The fourth-order valence-corrected chi connectivity index (χ4v) is 4.62. The van der Waals surface area contributed by atoms with Crippen LogP contribution in [0.4, 0.5) is 5.00 Å². The lowest BCUT2D eigenvalue weighted by atomic mass is 10.1. The molecule has 0 saturated carbocycles. The summed E-state index contributed by atoms with van der Waals surface area (Å²) in [4.78, 5) is 25.8. The Morgan fingerprint density at radius 3 is 2.54 bits per heavy atom. The summed E-state index contributed by atoms with van der Waals surface area (Å²) in [5.41, 5.74) is 2.00. The first-order chi connectivity index (χ1) is 13.4. The van der Waals surface area contributed by atoms with Crippen LogP contribution in [0.5, 0.6) is 5.75 Å². The van der Waals surface area contributed by atoms with Crippen molar-refractivity contribution in [1.82, 2.24) is 5.32 Å². The summed E-state index contributed by atoms with van der Waals surface area (Å²) < 4.78 is 10.5. The van der Waals surface area contributed by atoms with Crippen molar-refractivity contribution in [1.29, 1.82) is 0 Å². The lowest BCUT2D eigenvalue weighted by molar-refractivity contribution is 0.0601. The summed E-state index contributed by atoms with van der Waals surface area (Å²) >= 11 is 6.75. The summed E-state index contributed by atoms with van der Waals surface area (Å²) in [6.45, 7) is 3.88. The van der Waals surface area contributed by atoms with Gasteiger partial charge in [0.1, 0.15) is 10.8 Å². The Bertz CT molecular complexity index is 904. The van der Waals surface area contributed by atoms with Gasteiger partial charge in [0.05, 0.1) is 18.8 Å². The summed E-state index contributed by atoms with van der Waals surface area (Å²) in [5, 5.41) is 6.38. The summed E-state index contributed by atoms with van der Waals surface area (Å²) in [6.07, 6.45) is 2.88. The number of benzene rings is 1. The molecule has 2 N–H and O–H groups in total. The summed E-state index contributed by atoms with van der Waals surface area (Å²) in [5.74, 6) is -0.0304. The van der Waals surface area contributed by atoms with Gasteiger partial charge < -0.3 is 14.8 Å². The Balaban J connectivity index is 1.67. The van der Waals surface area contributed by atoms with Crippen LogP contribution >= 0.6 is 23.6 Å². The molecule has 0 fully saturated rings. The van der Waals surface area contributed by atoms with Crippen molar-refractivity contribution in [2.75, 3.05) is 12.4 Å². The Morgan fingerprint density at radius 1 is 1.18 bits per heavy atom. The van der Waals surface area contributed by atoms with Gasteiger partial charge in [0.25, 0.3) is 5.91 Å². The largest absolute Gasteiger partial charge is 0.491 e. The molecular formula is C20H22N2O4S2. The maximum atomic E-state index is 12.4. The van der Waals surface area contributed by atoms with Crippen LogP contribution < -0.4 is 15.4 Å². The molecular weight excluding hydrogens is 396 g/mol. The predicted molar refractivity (Wildman–Crippen MR) is 114 cm³/mol. The van der Waals surface area contributed by atoms with Crippen LogP contribution in [-0.4, -0.2) is 30.2 Å². The van der Waals surface area contributed by atoms with Crippen molar-refractivity contribution in [3.8, 4) is 5.75 Å². The molecule has 1 amide bonds. The molecule has 3 rings (SSSR count). The van der Waals surface area contributed by atoms with Crippen molar-refractivity contribution < 1.29 is 19.1 Å². The molecule has 0 bridgehead atoms. The molecule has 148 valence electrons. The van der Waals surface area contributed by atoms with Crippen LogP contribution in [0.1, 0.15) is 51.4 Å². The number of hydrogen-bond donors (Lipinski definition) is 2. The Hall–Kier alpha value is -2.45. The highest BCUT2D eigenvalue weighted by Crippen LogP contribution is 2.39. The van der Waals surface area contributed by atoms with E-state index >= 15 is 0 Å². The van der Waals surface area contributed by atoms with Gasteiger partial charge in [0.15, 0.2) is 5.11 Å². The minimum atomic E-state index is -0.392. The van der Waals surface area contributed by atoms with Crippen molar-refractivity contribution in [3.05, 3.63) is 45.8 Å². The highest BCUT2D eigenvalue weighted by atomic mass is 32.1. The van der Waals surface area contributed by atoms with E-state index < -0.39 is 5.97 Å². The van der Waals surface area contributed by atoms with Gasteiger partial charge in [-0.05, 0) is 75.2 Å². The van der Waals surface area contributed by atoms with E-state index in [0.717, 1.165) is 29.7 Å². The topological polar surface area (TPSA) is 76.7 Å². The quantitative estimate of drug-likeness (QED) is 0.566. The van der Waals surface area contributed by atoms with E-state index in [1.165, 1.54) is 18.4 Å². The maximum Gasteiger partial charge on any atom is 0.341 e. The number of anilines is 1. The number of carbonyl (C=O) groups excluding carboxylic acids is 2. The normalized spacial score (nSPS) is 12.4. The average molecular weight is 419 g/mol. The number of thiocarbonyl (C=S) groups is 1. The second-order valence-corrected chi connectivity index (χ2v) is 8.17. The number of methoxy groups -OCH3 is 1. The zero-order chi connectivity index (χ0) is 20.3. The van der Waals surface area contributed by atoms with Gasteiger partial charge in [0.2, 0.25) is 0 Å². The number of thiophene rings is 1. The van der Waals surface area contributed by atoms with Gasteiger partial charge in [-0.25, -0.2) is 4.79 Å². The third-order valence-electron chi connectivity index (χ3n) is 4.25. The smallest absolute Gasteiger partial charge is 0.341 e. The van der Waals surface area contributed by atoms with E-state index in [2.05, 4.69) is 10.6 Å². The monoisotopic (exact) mass is 418 g/mol. The Labute approximate surface area is 173 Å². The van der Waals surface area contributed by atoms with Gasteiger partial charge in [-0.2, -0.15) is 0 Å². The Morgan fingerprint density at radius 2 is 1.89 bits per heavy atom. The first-order valence-electron chi connectivity index (χ1n) is 9.01. The molecule has 0 atom stereocenters. The van der Waals surface area contributed by atoms with E-state index in [9.17, 15) is 9.59 Å².